The van der Waals surface area contributed by atoms with E-state index in [1.165, 1.54) is 14.0 Å². The fraction of sp³-hybridized carbons (Fsp3) is 0.160. The molecule has 0 bridgehead atoms. The summed E-state index contributed by atoms with van der Waals surface area (Å²) in [6.07, 6.45) is 1.65. The Morgan fingerprint density at radius 3 is 2.41 bits per heavy atom. The quantitative estimate of drug-likeness (QED) is 0.211. The van der Waals surface area contributed by atoms with Gasteiger partial charge in [0.15, 0.2) is 5.11 Å². The van der Waals surface area contributed by atoms with Crippen LogP contribution in [0.4, 0.5) is 5.69 Å². The van der Waals surface area contributed by atoms with Gasteiger partial charge in [0.1, 0.15) is 5.57 Å². The van der Waals surface area contributed by atoms with Gasteiger partial charge in [-0.05, 0) is 122 Å². The summed E-state index contributed by atoms with van der Waals surface area (Å²) in [5.41, 5.74) is 6.70. The third-order valence-electron chi connectivity index (χ3n) is 5.53. The zero-order chi connectivity index (χ0) is 23.2. The standard InChI is InChI=1S/C25H22IN3O2S/c1-14-6-5-7-19(10-14)29-24(31)21(23(30)27-25(29)32)13-18-12-16(3)28(17(18)4)20-8-9-22(26)15(2)11-20/h5-13H,1-4H3,(H,27,30,32)/b21-13+. The summed E-state index contributed by atoms with van der Waals surface area (Å²) < 4.78 is 3.33. The van der Waals surface area contributed by atoms with E-state index in [-0.39, 0.29) is 10.7 Å². The van der Waals surface area contributed by atoms with Crippen LogP contribution in [0.3, 0.4) is 0 Å². The lowest BCUT2D eigenvalue weighted by Crippen LogP contribution is -2.54. The number of anilines is 1. The Morgan fingerprint density at radius 2 is 1.72 bits per heavy atom. The van der Waals surface area contributed by atoms with Gasteiger partial charge >= 0.3 is 0 Å². The highest BCUT2D eigenvalue weighted by molar-refractivity contribution is 14.1. The van der Waals surface area contributed by atoms with Crippen LogP contribution in [0.5, 0.6) is 0 Å². The molecule has 1 saturated heterocycles. The number of aromatic nitrogens is 1. The molecule has 7 heteroatoms. The predicted octanol–water partition coefficient (Wildman–Crippen LogP) is 5.15. The SMILES string of the molecule is Cc1cccc(N2C(=O)/C(=C/c3cc(C)n(-c4ccc(I)c(C)c4)c3C)C(=O)NC2=S)c1. The smallest absolute Gasteiger partial charge is 0.270 e. The number of thiocarbonyl (C=S) groups is 1. The van der Waals surface area contributed by atoms with E-state index >= 15 is 0 Å². The molecule has 0 saturated carbocycles. The molecule has 2 heterocycles. The van der Waals surface area contributed by atoms with Crippen molar-refractivity contribution in [3.63, 3.8) is 0 Å². The molecule has 0 aliphatic carbocycles. The Kier molecular flexibility index (Phi) is 6.05. The number of benzene rings is 2. The highest BCUT2D eigenvalue weighted by Crippen LogP contribution is 2.27. The van der Waals surface area contributed by atoms with Crippen molar-refractivity contribution in [2.75, 3.05) is 4.90 Å². The highest BCUT2D eigenvalue weighted by Gasteiger charge is 2.34. The predicted molar refractivity (Wildman–Crippen MR) is 140 cm³/mol. The maximum Gasteiger partial charge on any atom is 0.270 e. The topological polar surface area (TPSA) is 54.3 Å². The molecule has 5 nitrogen and oxygen atoms in total. The largest absolute Gasteiger partial charge is 0.318 e. The van der Waals surface area contributed by atoms with Crippen molar-refractivity contribution in [2.45, 2.75) is 27.7 Å². The van der Waals surface area contributed by atoms with E-state index in [2.05, 4.69) is 57.6 Å². The van der Waals surface area contributed by atoms with Crippen molar-refractivity contribution >= 4 is 63.5 Å². The number of amides is 2. The van der Waals surface area contributed by atoms with Crippen LogP contribution in [-0.4, -0.2) is 21.5 Å². The van der Waals surface area contributed by atoms with E-state index in [4.69, 9.17) is 12.2 Å². The molecule has 1 aliphatic heterocycles. The minimum absolute atomic E-state index is 0.0548. The Labute approximate surface area is 206 Å². The summed E-state index contributed by atoms with van der Waals surface area (Å²) in [6.45, 7) is 8.02. The van der Waals surface area contributed by atoms with Crippen LogP contribution in [0, 0.1) is 31.3 Å². The minimum atomic E-state index is -0.487. The maximum atomic E-state index is 13.3. The first-order valence-corrected chi connectivity index (χ1v) is 11.6. The molecule has 32 heavy (non-hydrogen) atoms. The average Bonchev–Trinajstić information content (AvgIpc) is 3.00. The van der Waals surface area contributed by atoms with E-state index in [9.17, 15) is 9.59 Å². The van der Waals surface area contributed by atoms with E-state index in [1.54, 1.807) is 12.1 Å². The Balaban J connectivity index is 1.77. The number of carbonyl (C=O) groups excluding carboxylic acids is 2. The number of nitrogens with one attached hydrogen (secondary N) is 1. The molecule has 162 valence electrons. The lowest BCUT2D eigenvalue weighted by Gasteiger charge is -2.29. The lowest BCUT2D eigenvalue weighted by atomic mass is 10.1. The van der Waals surface area contributed by atoms with E-state index in [0.29, 0.717) is 5.69 Å². The molecule has 2 aromatic carbocycles. The number of nitrogens with zero attached hydrogens (tertiary/aromatic N) is 2. The second-order valence-electron chi connectivity index (χ2n) is 7.89. The Hall–Kier alpha value is -2.78. The average molecular weight is 555 g/mol. The van der Waals surface area contributed by atoms with Crippen LogP contribution in [0.2, 0.25) is 0 Å². The molecule has 0 spiro atoms. The van der Waals surface area contributed by atoms with Gasteiger partial charge in [-0.1, -0.05) is 12.1 Å². The maximum absolute atomic E-state index is 13.3. The molecule has 3 aromatic rings. The number of rotatable bonds is 3. The summed E-state index contributed by atoms with van der Waals surface area (Å²) >= 11 is 7.62. The number of aryl methyl sites for hydroxylation is 3. The fourth-order valence-electron chi connectivity index (χ4n) is 3.91. The van der Waals surface area contributed by atoms with Gasteiger partial charge in [0.25, 0.3) is 11.8 Å². The van der Waals surface area contributed by atoms with Gasteiger partial charge in [-0.2, -0.15) is 0 Å². The Morgan fingerprint density at radius 1 is 0.969 bits per heavy atom. The van der Waals surface area contributed by atoms with Crippen molar-refractivity contribution in [3.05, 3.63) is 85.8 Å². The van der Waals surface area contributed by atoms with Crippen molar-refractivity contribution in [2.24, 2.45) is 0 Å². The number of halogens is 1. The molecule has 1 N–H and O–H groups in total. The zero-order valence-corrected chi connectivity index (χ0v) is 21.2. The molecule has 4 rings (SSSR count). The van der Waals surface area contributed by atoms with Gasteiger partial charge in [-0.3, -0.25) is 19.8 Å². The van der Waals surface area contributed by atoms with Crippen LogP contribution < -0.4 is 10.2 Å². The van der Waals surface area contributed by atoms with Gasteiger partial charge in [0.2, 0.25) is 0 Å². The van der Waals surface area contributed by atoms with Gasteiger partial charge < -0.3 is 4.57 Å². The van der Waals surface area contributed by atoms with E-state index in [1.807, 2.05) is 45.0 Å². The molecule has 0 radical (unpaired) electrons. The monoisotopic (exact) mass is 555 g/mol. The molecule has 0 unspecified atom stereocenters. The van der Waals surface area contributed by atoms with Gasteiger partial charge in [0.05, 0.1) is 5.69 Å². The normalized spacial score (nSPS) is 15.5. The number of hydrogen-bond acceptors (Lipinski definition) is 3. The lowest BCUT2D eigenvalue weighted by molar-refractivity contribution is -0.122. The van der Waals surface area contributed by atoms with Gasteiger partial charge in [0, 0.05) is 20.6 Å². The minimum Gasteiger partial charge on any atom is -0.318 e. The first-order chi connectivity index (χ1) is 15.2. The van der Waals surface area contributed by atoms with Crippen molar-refractivity contribution in [1.82, 2.24) is 9.88 Å². The van der Waals surface area contributed by atoms with Crippen molar-refractivity contribution in [3.8, 4) is 5.69 Å². The highest BCUT2D eigenvalue weighted by atomic mass is 127. The Bertz CT molecular complexity index is 1320. The fourth-order valence-corrected chi connectivity index (χ4v) is 4.53. The molecule has 2 amide bonds. The molecule has 1 aromatic heterocycles. The molecule has 0 atom stereocenters. The first kappa shape index (κ1) is 22.4. The van der Waals surface area contributed by atoms with Crippen LogP contribution in [0.25, 0.3) is 11.8 Å². The zero-order valence-electron chi connectivity index (χ0n) is 18.2. The van der Waals surface area contributed by atoms with Crippen LogP contribution in [0.1, 0.15) is 28.1 Å². The second kappa shape index (κ2) is 8.63. The second-order valence-corrected chi connectivity index (χ2v) is 9.44. The van der Waals surface area contributed by atoms with Gasteiger partial charge in [-0.15, -0.1) is 0 Å². The third-order valence-corrected chi connectivity index (χ3v) is 7.03. The number of carbonyl (C=O) groups is 2. The van der Waals surface area contributed by atoms with Gasteiger partial charge in [-0.25, -0.2) is 0 Å². The summed E-state index contributed by atoms with van der Waals surface area (Å²) in [5, 5.41) is 2.74. The number of hydrogen-bond donors (Lipinski definition) is 1. The summed E-state index contributed by atoms with van der Waals surface area (Å²) in [7, 11) is 0. The summed E-state index contributed by atoms with van der Waals surface area (Å²) in [6, 6.07) is 15.7. The van der Waals surface area contributed by atoms with Crippen LogP contribution in [0.15, 0.2) is 54.1 Å². The molecular weight excluding hydrogens is 533 g/mol. The van der Waals surface area contributed by atoms with E-state index < -0.39 is 11.8 Å². The third kappa shape index (κ3) is 4.02. The molecule has 1 aliphatic rings. The van der Waals surface area contributed by atoms with Crippen molar-refractivity contribution < 1.29 is 9.59 Å². The molecule has 1 fully saturated rings. The van der Waals surface area contributed by atoms with Crippen LogP contribution >= 0.6 is 34.8 Å². The van der Waals surface area contributed by atoms with Crippen molar-refractivity contribution in [1.29, 1.82) is 0 Å². The summed E-state index contributed by atoms with van der Waals surface area (Å²) in [4.78, 5) is 27.4. The first-order valence-electron chi connectivity index (χ1n) is 10.1. The van der Waals surface area contributed by atoms with E-state index in [0.717, 1.165) is 28.2 Å². The van der Waals surface area contributed by atoms with Crippen LogP contribution in [-0.2, 0) is 9.59 Å². The molecular formula is C25H22IN3O2S. The summed E-state index contributed by atoms with van der Waals surface area (Å²) in [5.74, 6) is -0.918.